The fraction of sp³-hybridized carbons (Fsp3) is 0.500. The van der Waals surface area contributed by atoms with E-state index in [9.17, 15) is 0 Å². The second-order valence-corrected chi connectivity index (χ2v) is 4.77. The number of ether oxygens (including phenoxy) is 2. The number of halogens is 1. The second kappa shape index (κ2) is 4.54. The molecule has 82 valence electrons. The predicted molar refractivity (Wildman–Crippen MR) is 63.5 cm³/mol. The molecule has 1 saturated heterocycles. The molecular weight excluding hydrogens is 256 g/mol. The highest BCUT2D eigenvalue weighted by Gasteiger charge is 2.17. The van der Waals surface area contributed by atoms with Crippen LogP contribution in [0.15, 0.2) is 16.6 Å². The number of rotatable bonds is 2. The third-order valence-electron chi connectivity index (χ3n) is 2.60. The van der Waals surface area contributed by atoms with Crippen molar-refractivity contribution in [3.8, 4) is 5.75 Å². The van der Waals surface area contributed by atoms with Gasteiger partial charge in [-0.3, -0.25) is 0 Å². The molecule has 2 nitrogen and oxygen atoms in total. The molecule has 0 spiro atoms. The Morgan fingerprint density at radius 2 is 2.00 bits per heavy atom. The largest absolute Gasteiger partial charge is 0.488 e. The minimum absolute atomic E-state index is 0.227. The summed E-state index contributed by atoms with van der Waals surface area (Å²) < 4.78 is 12.3. The van der Waals surface area contributed by atoms with Crippen LogP contribution in [0.3, 0.4) is 0 Å². The maximum absolute atomic E-state index is 5.85. The minimum atomic E-state index is 0.227. The number of aryl methyl sites for hydroxylation is 2. The topological polar surface area (TPSA) is 18.5 Å². The highest BCUT2D eigenvalue weighted by Crippen LogP contribution is 2.27. The van der Waals surface area contributed by atoms with Crippen LogP contribution in [-0.4, -0.2) is 19.3 Å². The van der Waals surface area contributed by atoms with Gasteiger partial charge in [0.05, 0.1) is 13.2 Å². The first-order valence-electron chi connectivity index (χ1n) is 5.18. The third kappa shape index (κ3) is 2.52. The van der Waals surface area contributed by atoms with E-state index in [0.29, 0.717) is 6.61 Å². The molecule has 1 aliphatic rings. The van der Waals surface area contributed by atoms with Crippen molar-refractivity contribution in [1.82, 2.24) is 0 Å². The van der Waals surface area contributed by atoms with E-state index in [-0.39, 0.29) is 6.10 Å². The summed E-state index contributed by atoms with van der Waals surface area (Å²) in [6.45, 7) is 5.69. The van der Waals surface area contributed by atoms with E-state index >= 15 is 0 Å². The highest BCUT2D eigenvalue weighted by atomic mass is 79.9. The van der Waals surface area contributed by atoms with Crippen molar-refractivity contribution in [2.75, 3.05) is 13.2 Å². The molecule has 1 atom stereocenters. The van der Waals surface area contributed by atoms with Gasteiger partial charge in [-0.2, -0.15) is 0 Å². The van der Waals surface area contributed by atoms with Crippen molar-refractivity contribution >= 4 is 15.9 Å². The Labute approximate surface area is 98.7 Å². The van der Waals surface area contributed by atoms with Crippen LogP contribution in [0.2, 0.25) is 0 Å². The van der Waals surface area contributed by atoms with E-state index in [0.717, 1.165) is 23.2 Å². The molecule has 0 aliphatic carbocycles. The molecule has 0 aromatic heterocycles. The fourth-order valence-electron chi connectivity index (χ4n) is 1.77. The van der Waals surface area contributed by atoms with E-state index in [1.165, 1.54) is 11.1 Å². The Morgan fingerprint density at radius 3 is 2.53 bits per heavy atom. The quantitative estimate of drug-likeness (QED) is 0.822. The first kappa shape index (κ1) is 11.0. The van der Waals surface area contributed by atoms with Crippen LogP contribution in [0.5, 0.6) is 5.75 Å². The molecule has 0 saturated carbocycles. The molecule has 3 heteroatoms. The van der Waals surface area contributed by atoms with Gasteiger partial charge in [-0.05, 0) is 37.1 Å². The molecule has 0 bridgehead atoms. The lowest BCUT2D eigenvalue weighted by atomic mass is 10.1. The van der Waals surface area contributed by atoms with Crippen LogP contribution in [0, 0.1) is 13.8 Å². The normalized spacial score (nSPS) is 20.6. The van der Waals surface area contributed by atoms with Crippen LogP contribution in [0.4, 0.5) is 0 Å². The summed E-state index contributed by atoms with van der Waals surface area (Å²) in [7, 11) is 0. The third-order valence-corrected chi connectivity index (χ3v) is 3.85. The molecule has 15 heavy (non-hydrogen) atoms. The summed E-state index contributed by atoms with van der Waals surface area (Å²) in [6, 6.07) is 4.13. The smallest absolute Gasteiger partial charge is 0.124 e. The zero-order valence-electron chi connectivity index (χ0n) is 9.05. The lowest BCUT2D eigenvalue weighted by Crippen LogP contribution is -2.15. The van der Waals surface area contributed by atoms with E-state index in [2.05, 4.69) is 41.9 Å². The summed E-state index contributed by atoms with van der Waals surface area (Å²) in [5, 5.41) is 0. The second-order valence-electron chi connectivity index (χ2n) is 3.97. The Morgan fingerprint density at radius 1 is 1.33 bits per heavy atom. The SMILES string of the molecule is Cc1cc(OC2CCOC2)cc(C)c1Br. The van der Waals surface area contributed by atoms with Crippen molar-refractivity contribution in [2.45, 2.75) is 26.4 Å². The van der Waals surface area contributed by atoms with Gasteiger partial charge in [-0.1, -0.05) is 15.9 Å². The van der Waals surface area contributed by atoms with Gasteiger partial charge in [-0.15, -0.1) is 0 Å². The predicted octanol–water partition coefficient (Wildman–Crippen LogP) is 3.23. The zero-order valence-corrected chi connectivity index (χ0v) is 10.6. The van der Waals surface area contributed by atoms with Gasteiger partial charge in [0.1, 0.15) is 11.9 Å². The van der Waals surface area contributed by atoms with Crippen LogP contribution < -0.4 is 4.74 Å². The van der Waals surface area contributed by atoms with Crippen molar-refractivity contribution in [3.05, 3.63) is 27.7 Å². The van der Waals surface area contributed by atoms with Gasteiger partial charge >= 0.3 is 0 Å². The Kier molecular flexibility index (Phi) is 3.32. The van der Waals surface area contributed by atoms with Crippen molar-refractivity contribution in [1.29, 1.82) is 0 Å². The summed E-state index contributed by atoms with van der Waals surface area (Å²) >= 11 is 3.55. The lowest BCUT2D eigenvalue weighted by molar-refractivity contribution is 0.141. The average molecular weight is 271 g/mol. The molecule has 0 radical (unpaired) electrons. The van der Waals surface area contributed by atoms with E-state index in [4.69, 9.17) is 9.47 Å². The first-order chi connectivity index (χ1) is 7.16. The number of hydrogen-bond donors (Lipinski definition) is 0. The monoisotopic (exact) mass is 270 g/mol. The Balaban J connectivity index is 2.14. The molecule has 0 N–H and O–H groups in total. The van der Waals surface area contributed by atoms with Crippen molar-refractivity contribution < 1.29 is 9.47 Å². The van der Waals surface area contributed by atoms with E-state index in [1.54, 1.807) is 0 Å². The van der Waals surface area contributed by atoms with Gasteiger partial charge in [0, 0.05) is 10.9 Å². The minimum Gasteiger partial charge on any atom is -0.488 e. The van der Waals surface area contributed by atoms with E-state index in [1.807, 2.05) is 0 Å². The molecule has 1 unspecified atom stereocenters. The van der Waals surface area contributed by atoms with E-state index < -0.39 is 0 Å². The maximum Gasteiger partial charge on any atom is 0.124 e. The fourth-order valence-corrected chi connectivity index (χ4v) is 2.00. The molecule has 1 heterocycles. The first-order valence-corrected chi connectivity index (χ1v) is 5.97. The summed E-state index contributed by atoms with van der Waals surface area (Å²) in [4.78, 5) is 0. The van der Waals surface area contributed by atoms with Crippen molar-refractivity contribution in [3.63, 3.8) is 0 Å². The van der Waals surface area contributed by atoms with Crippen molar-refractivity contribution in [2.24, 2.45) is 0 Å². The van der Waals surface area contributed by atoms with Gasteiger partial charge in [0.2, 0.25) is 0 Å². The highest BCUT2D eigenvalue weighted by molar-refractivity contribution is 9.10. The Hall–Kier alpha value is -0.540. The molecule has 0 amide bonds. The lowest BCUT2D eigenvalue weighted by Gasteiger charge is -2.14. The molecule has 1 aromatic carbocycles. The number of benzene rings is 1. The van der Waals surface area contributed by atoms with Crippen LogP contribution in [0.1, 0.15) is 17.5 Å². The standard InChI is InChI=1S/C12H15BrO2/c1-8-5-11(6-9(2)12(8)13)15-10-3-4-14-7-10/h5-6,10H,3-4,7H2,1-2H3. The van der Waals surface area contributed by atoms with Gasteiger partial charge < -0.3 is 9.47 Å². The van der Waals surface area contributed by atoms with Crippen LogP contribution in [0.25, 0.3) is 0 Å². The van der Waals surface area contributed by atoms with Gasteiger partial charge in [0.15, 0.2) is 0 Å². The Bertz CT molecular complexity index is 334. The summed E-state index contributed by atoms with van der Waals surface area (Å²) in [6.07, 6.45) is 1.22. The maximum atomic E-state index is 5.85. The molecule has 1 aromatic rings. The average Bonchev–Trinajstić information content (AvgIpc) is 2.66. The molecule has 1 aliphatic heterocycles. The van der Waals surface area contributed by atoms with Gasteiger partial charge in [0.25, 0.3) is 0 Å². The van der Waals surface area contributed by atoms with Crippen LogP contribution >= 0.6 is 15.9 Å². The summed E-state index contributed by atoms with van der Waals surface area (Å²) in [5.41, 5.74) is 2.42. The van der Waals surface area contributed by atoms with Crippen LogP contribution in [-0.2, 0) is 4.74 Å². The molecule has 2 rings (SSSR count). The number of hydrogen-bond acceptors (Lipinski definition) is 2. The van der Waals surface area contributed by atoms with Gasteiger partial charge in [-0.25, -0.2) is 0 Å². The molecule has 1 fully saturated rings. The molecular formula is C12H15BrO2. The summed E-state index contributed by atoms with van der Waals surface area (Å²) in [5.74, 6) is 0.948. The zero-order chi connectivity index (χ0) is 10.8.